The molecule has 0 radical (unpaired) electrons. The smallest absolute Gasteiger partial charge is 0.145 e. The quantitative estimate of drug-likeness (QED) is 0.839. The fraction of sp³-hybridized carbons (Fsp3) is 0.455. The molecule has 0 amide bonds. The molecule has 1 atom stereocenters. The number of hydrogen-bond acceptors (Lipinski definition) is 3. The first kappa shape index (κ1) is 13.2. The highest BCUT2D eigenvalue weighted by Gasteiger charge is 2.06. The van der Waals surface area contributed by atoms with Gasteiger partial charge in [0.1, 0.15) is 24.3 Å². The van der Waals surface area contributed by atoms with Crippen LogP contribution in [-0.4, -0.2) is 31.0 Å². The van der Waals surface area contributed by atoms with E-state index >= 15 is 0 Å². The molecule has 0 aliphatic rings. The zero-order chi connectivity index (χ0) is 12.0. The third kappa shape index (κ3) is 4.35. The molecule has 1 unspecified atom stereocenters. The van der Waals surface area contributed by atoms with E-state index in [9.17, 15) is 9.50 Å². The maximum Gasteiger partial charge on any atom is 0.145 e. The topological polar surface area (TPSA) is 38.7 Å². The Labute approximate surface area is 98.7 Å². The van der Waals surface area contributed by atoms with E-state index in [0.717, 1.165) is 0 Å². The minimum Gasteiger partial charge on any atom is -0.491 e. The van der Waals surface area contributed by atoms with E-state index in [1.807, 2.05) is 6.92 Å². The molecule has 1 N–H and O–H groups in total. The van der Waals surface area contributed by atoms with Gasteiger partial charge in [-0.15, -0.1) is 0 Å². The molecule has 16 heavy (non-hydrogen) atoms. The van der Waals surface area contributed by atoms with Gasteiger partial charge in [-0.1, -0.05) is 11.6 Å². The summed E-state index contributed by atoms with van der Waals surface area (Å²) in [5.74, 6) is -0.212. The van der Waals surface area contributed by atoms with Gasteiger partial charge in [-0.2, -0.15) is 0 Å². The molecular weight excluding hydrogens is 235 g/mol. The molecule has 3 nitrogen and oxygen atoms in total. The standard InChI is InChI=1S/C11H14ClFO3/c1-2-15-6-8(14)7-16-9-3-4-10(12)11(13)5-9/h3-5,8,14H,2,6-7H2,1H3. The van der Waals surface area contributed by atoms with Gasteiger partial charge >= 0.3 is 0 Å². The van der Waals surface area contributed by atoms with E-state index in [4.69, 9.17) is 21.1 Å². The van der Waals surface area contributed by atoms with Crippen molar-refractivity contribution in [2.75, 3.05) is 19.8 Å². The number of benzene rings is 1. The molecule has 1 aromatic rings. The van der Waals surface area contributed by atoms with Crippen LogP contribution in [0.2, 0.25) is 5.02 Å². The predicted octanol–water partition coefficient (Wildman–Crippen LogP) is 2.26. The lowest BCUT2D eigenvalue weighted by atomic mass is 10.3. The van der Waals surface area contributed by atoms with Gasteiger partial charge in [0.2, 0.25) is 0 Å². The van der Waals surface area contributed by atoms with Gasteiger partial charge in [0, 0.05) is 12.7 Å². The molecule has 1 rings (SSSR count). The van der Waals surface area contributed by atoms with Crippen molar-refractivity contribution in [2.24, 2.45) is 0 Å². The van der Waals surface area contributed by atoms with E-state index in [2.05, 4.69) is 0 Å². The fourth-order valence-electron chi connectivity index (χ4n) is 1.06. The number of halogens is 2. The van der Waals surface area contributed by atoms with Crippen molar-refractivity contribution < 1.29 is 19.0 Å². The summed E-state index contributed by atoms with van der Waals surface area (Å²) in [6, 6.07) is 4.12. The molecule has 5 heteroatoms. The highest BCUT2D eigenvalue weighted by molar-refractivity contribution is 6.30. The van der Waals surface area contributed by atoms with E-state index in [0.29, 0.717) is 12.4 Å². The van der Waals surface area contributed by atoms with E-state index in [-0.39, 0.29) is 18.2 Å². The highest BCUT2D eigenvalue weighted by atomic mass is 35.5. The van der Waals surface area contributed by atoms with Crippen molar-refractivity contribution >= 4 is 11.6 Å². The minimum atomic E-state index is -0.723. The SMILES string of the molecule is CCOCC(O)COc1ccc(Cl)c(F)c1. The Morgan fingerprint density at radius 2 is 2.19 bits per heavy atom. The van der Waals surface area contributed by atoms with Crippen LogP contribution in [0, 0.1) is 5.82 Å². The largest absolute Gasteiger partial charge is 0.491 e. The van der Waals surface area contributed by atoms with Crippen molar-refractivity contribution in [1.29, 1.82) is 0 Å². The molecule has 0 aliphatic heterocycles. The molecule has 0 bridgehead atoms. The van der Waals surface area contributed by atoms with Crippen molar-refractivity contribution in [3.8, 4) is 5.75 Å². The van der Waals surface area contributed by atoms with E-state index in [1.165, 1.54) is 12.1 Å². The van der Waals surface area contributed by atoms with Crippen LogP contribution in [0.5, 0.6) is 5.75 Å². The Bertz CT molecular complexity index is 333. The summed E-state index contributed by atoms with van der Waals surface area (Å²) in [4.78, 5) is 0. The molecule has 90 valence electrons. The predicted molar refractivity (Wildman–Crippen MR) is 59.4 cm³/mol. The van der Waals surface area contributed by atoms with Gasteiger partial charge in [-0.05, 0) is 19.1 Å². The second-order valence-electron chi connectivity index (χ2n) is 3.20. The van der Waals surface area contributed by atoms with Crippen LogP contribution in [0.3, 0.4) is 0 Å². The zero-order valence-corrected chi connectivity index (χ0v) is 9.71. The normalized spacial score (nSPS) is 12.5. The Morgan fingerprint density at radius 3 is 2.81 bits per heavy atom. The van der Waals surface area contributed by atoms with E-state index in [1.54, 1.807) is 6.07 Å². The summed E-state index contributed by atoms with van der Waals surface area (Å²) < 4.78 is 23.2. The number of hydrogen-bond donors (Lipinski definition) is 1. The Morgan fingerprint density at radius 1 is 1.44 bits per heavy atom. The second-order valence-corrected chi connectivity index (χ2v) is 3.61. The Kier molecular flexibility index (Phi) is 5.52. The number of rotatable bonds is 6. The average Bonchev–Trinajstić information content (AvgIpc) is 2.28. The lowest BCUT2D eigenvalue weighted by Crippen LogP contribution is -2.23. The molecule has 0 aromatic heterocycles. The summed E-state index contributed by atoms with van der Waals surface area (Å²) in [6.07, 6.45) is -0.723. The minimum absolute atomic E-state index is 0.0437. The average molecular weight is 249 g/mol. The third-order valence-electron chi connectivity index (χ3n) is 1.85. The maximum atomic E-state index is 13.0. The van der Waals surface area contributed by atoms with Crippen LogP contribution in [0.1, 0.15) is 6.92 Å². The van der Waals surface area contributed by atoms with Crippen molar-refractivity contribution in [3.63, 3.8) is 0 Å². The number of aliphatic hydroxyl groups excluding tert-OH is 1. The Balaban J connectivity index is 2.39. The first-order valence-corrected chi connectivity index (χ1v) is 5.35. The molecule has 0 saturated heterocycles. The van der Waals surface area contributed by atoms with Crippen LogP contribution in [0.15, 0.2) is 18.2 Å². The molecule has 0 fully saturated rings. The molecular formula is C11H14ClFO3. The molecule has 0 heterocycles. The molecule has 0 spiro atoms. The zero-order valence-electron chi connectivity index (χ0n) is 8.95. The Hall–Kier alpha value is -0.840. The first-order valence-electron chi connectivity index (χ1n) is 4.97. The van der Waals surface area contributed by atoms with Crippen molar-refractivity contribution in [2.45, 2.75) is 13.0 Å². The molecule has 0 saturated carbocycles. The van der Waals surface area contributed by atoms with Gasteiger partial charge < -0.3 is 14.6 Å². The summed E-state index contributed by atoms with van der Waals surface area (Å²) >= 11 is 5.51. The van der Waals surface area contributed by atoms with E-state index < -0.39 is 11.9 Å². The molecule has 1 aromatic carbocycles. The van der Waals surface area contributed by atoms with Crippen molar-refractivity contribution in [1.82, 2.24) is 0 Å². The van der Waals surface area contributed by atoms with Crippen LogP contribution in [0.4, 0.5) is 4.39 Å². The summed E-state index contributed by atoms with van der Waals surface area (Å²) in [5.41, 5.74) is 0. The lowest BCUT2D eigenvalue weighted by molar-refractivity contribution is 0.0164. The summed E-state index contributed by atoms with van der Waals surface area (Å²) in [6.45, 7) is 2.63. The van der Waals surface area contributed by atoms with Crippen LogP contribution >= 0.6 is 11.6 Å². The van der Waals surface area contributed by atoms with Gasteiger partial charge in [0.15, 0.2) is 0 Å². The third-order valence-corrected chi connectivity index (χ3v) is 2.15. The van der Waals surface area contributed by atoms with Gasteiger partial charge in [0.25, 0.3) is 0 Å². The second kappa shape index (κ2) is 6.68. The van der Waals surface area contributed by atoms with Gasteiger partial charge in [-0.3, -0.25) is 0 Å². The fourth-order valence-corrected chi connectivity index (χ4v) is 1.18. The maximum absolute atomic E-state index is 13.0. The summed E-state index contributed by atoms with van der Waals surface area (Å²) in [7, 11) is 0. The van der Waals surface area contributed by atoms with Gasteiger partial charge in [0.05, 0.1) is 11.6 Å². The van der Waals surface area contributed by atoms with Crippen LogP contribution in [0.25, 0.3) is 0 Å². The summed E-state index contributed by atoms with van der Waals surface area (Å²) in [5, 5.41) is 9.44. The van der Waals surface area contributed by atoms with Gasteiger partial charge in [-0.25, -0.2) is 4.39 Å². The first-order chi connectivity index (χ1) is 7.63. The van der Waals surface area contributed by atoms with Crippen LogP contribution in [-0.2, 0) is 4.74 Å². The van der Waals surface area contributed by atoms with Crippen LogP contribution < -0.4 is 4.74 Å². The highest BCUT2D eigenvalue weighted by Crippen LogP contribution is 2.20. The molecule has 0 aliphatic carbocycles. The number of ether oxygens (including phenoxy) is 2. The lowest BCUT2D eigenvalue weighted by Gasteiger charge is -2.12. The number of aliphatic hydroxyl groups is 1. The monoisotopic (exact) mass is 248 g/mol. The van der Waals surface area contributed by atoms with Crippen molar-refractivity contribution in [3.05, 3.63) is 29.0 Å².